The average Bonchev–Trinajstić information content (AvgIpc) is 2.13. The van der Waals surface area contributed by atoms with Gasteiger partial charge in [-0.2, -0.15) is 0 Å². The van der Waals surface area contributed by atoms with Crippen LogP contribution in [0.2, 0.25) is 0 Å². The third-order valence-electron chi connectivity index (χ3n) is 2.82. The summed E-state index contributed by atoms with van der Waals surface area (Å²) in [6, 6.07) is 4.10. The Labute approximate surface area is 106 Å². The Hall–Kier alpha value is -0.890. The lowest BCUT2D eigenvalue weighted by Crippen LogP contribution is -2.42. The monoisotopic (exact) mass is 234 g/mol. The van der Waals surface area contributed by atoms with E-state index in [0.717, 1.165) is 18.7 Å². The highest BCUT2D eigenvalue weighted by Crippen LogP contribution is 2.27. The molecular weight excluding hydrogens is 208 g/mol. The lowest BCUT2D eigenvalue weighted by Gasteiger charge is -2.33. The lowest BCUT2D eigenvalue weighted by atomic mass is 9.82. The van der Waals surface area contributed by atoms with E-state index in [1.54, 1.807) is 0 Å². The summed E-state index contributed by atoms with van der Waals surface area (Å²) in [6.07, 6.45) is 3.01. The zero-order chi connectivity index (χ0) is 13.1. The summed E-state index contributed by atoms with van der Waals surface area (Å²) in [7, 11) is 0. The number of hydrogen-bond donors (Lipinski definition) is 1. The molecule has 0 unspecified atom stereocenters. The van der Waals surface area contributed by atoms with Crippen molar-refractivity contribution in [3.8, 4) is 0 Å². The topological polar surface area (TPSA) is 24.9 Å². The SMILES string of the molecule is Cc1cccnc1CNC(C)(C)CC(C)(C)C. The molecule has 0 atom stereocenters. The van der Waals surface area contributed by atoms with E-state index in [1.165, 1.54) is 5.56 Å². The minimum absolute atomic E-state index is 0.141. The van der Waals surface area contributed by atoms with Crippen LogP contribution in [-0.4, -0.2) is 10.5 Å². The van der Waals surface area contributed by atoms with E-state index in [0.29, 0.717) is 5.41 Å². The highest BCUT2D eigenvalue weighted by atomic mass is 15.0. The van der Waals surface area contributed by atoms with Crippen molar-refractivity contribution in [1.82, 2.24) is 10.3 Å². The summed E-state index contributed by atoms with van der Waals surface area (Å²) < 4.78 is 0. The molecule has 1 aromatic heterocycles. The molecule has 2 nitrogen and oxygen atoms in total. The summed E-state index contributed by atoms with van der Waals surface area (Å²) in [5.74, 6) is 0. The van der Waals surface area contributed by atoms with Crippen LogP contribution >= 0.6 is 0 Å². The van der Waals surface area contributed by atoms with Crippen molar-refractivity contribution in [3.63, 3.8) is 0 Å². The van der Waals surface area contributed by atoms with E-state index in [1.807, 2.05) is 12.3 Å². The third-order valence-corrected chi connectivity index (χ3v) is 2.82. The third kappa shape index (κ3) is 5.31. The van der Waals surface area contributed by atoms with E-state index < -0.39 is 0 Å². The van der Waals surface area contributed by atoms with Gasteiger partial charge < -0.3 is 5.32 Å². The van der Waals surface area contributed by atoms with E-state index in [4.69, 9.17) is 0 Å². The first-order valence-corrected chi connectivity index (χ1v) is 6.35. The summed E-state index contributed by atoms with van der Waals surface area (Å²) in [6.45, 7) is 14.3. The first-order chi connectivity index (χ1) is 7.70. The molecule has 0 bridgehead atoms. The second-order valence-corrected chi connectivity index (χ2v) is 6.74. The number of aromatic nitrogens is 1. The maximum Gasteiger partial charge on any atom is 0.0570 e. The molecule has 0 aromatic carbocycles. The quantitative estimate of drug-likeness (QED) is 0.859. The Morgan fingerprint density at radius 3 is 2.35 bits per heavy atom. The van der Waals surface area contributed by atoms with Gasteiger partial charge in [0.15, 0.2) is 0 Å². The first kappa shape index (κ1) is 14.2. The van der Waals surface area contributed by atoms with Gasteiger partial charge in [-0.05, 0) is 44.2 Å². The molecule has 0 aliphatic rings. The van der Waals surface area contributed by atoms with Crippen LogP contribution in [0.1, 0.15) is 52.3 Å². The molecule has 0 amide bonds. The number of aryl methyl sites for hydroxylation is 1. The average molecular weight is 234 g/mol. The van der Waals surface area contributed by atoms with E-state index in [2.05, 4.69) is 57.9 Å². The van der Waals surface area contributed by atoms with Gasteiger partial charge in [0, 0.05) is 18.3 Å². The number of rotatable bonds is 4. The van der Waals surface area contributed by atoms with Crippen molar-refractivity contribution in [3.05, 3.63) is 29.6 Å². The highest BCUT2D eigenvalue weighted by Gasteiger charge is 2.24. The summed E-state index contributed by atoms with van der Waals surface area (Å²) >= 11 is 0. The van der Waals surface area contributed by atoms with Crippen molar-refractivity contribution in [2.24, 2.45) is 5.41 Å². The van der Waals surface area contributed by atoms with Gasteiger partial charge in [0.2, 0.25) is 0 Å². The molecule has 17 heavy (non-hydrogen) atoms. The minimum Gasteiger partial charge on any atom is -0.306 e. The molecule has 0 spiro atoms. The second kappa shape index (κ2) is 5.18. The van der Waals surface area contributed by atoms with Crippen LogP contribution < -0.4 is 5.32 Å². The minimum atomic E-state index is 0.141. The maximum absolute atomic E-state index is 4.42. The van der Waals surface area contributed by atoms with Crippen LogP contribution in [0.25, 0.3) is 0 Å². The van der Waals surface area contributed by atoms with Gasteiger partial charge in [-0.15, -0.1) is 0 Å². The predicted molar refractivity (Wildman–Crippen MR) is 74.0 cm³/mol. The lowest BCUT2D eigenvalue weighted by molar-refractivity contribution is 0.240. The van der Waals surface area contributed by atoms with Gasteiger partial charge in [0.25, 0.3) is 0 Å². The molecule has 1 rings (SSSR count). The van der Waals surface area contributed by atoms with Gasteiger partial charge >= 0.3 is 0 Å². The molecule has 96 valence electrons. The van der Waals surface area contributed by atoms with Crippen LogP contribution in [0, 0.1) is 12.3 Å². The molecule has 0 aliphatic heterocycles. The Balaban J connectivity index is 2.59. The van der Waals surface area contributed by atoms with E-state index in [-0.39, 0.29) is 5.54 Å². The zero-order valence-electron chi connectivity index (χ0n) is 12.1. The fraction of sp³-hybridized carbons (Fsp3) is 0.667. The molecule has 1 N–H and O–H groups in total. The molecule has 1 heterocycles. The molecule has 1 aromatic rings. The van der Waals surface area contributed by atoms with Crippen molar-refractivity contribution < 1.29 is 0 Å². The van der Waals surface area contributed by atoms with Gasteiger partial charge in [-0.1, -0.05) is 26.8 Å². The largest absolute Gasteiger partial charge is 0.306 e. The van der Waals surface area contributed by atoms with Crippen LogP contribution in [0.15, 0.2) is 18.3 Å². The smallest absolute Gasteiger partial charge is 0.0570 e. The molecule has 2 heteroatoms. The summed E-state index contributed by atoms with van der Waals surface area (Å²) in [4.78, 5) is 4.42. The van der Waals surface area contributed by atoms with Crippen molar-refractivity contribution in [2.75, 3.05) is 0 Å². The second-order valence-electron chi connectivity index (χ2n) is 6.74. The van der Waals surface area contributed by atoms with Gasteiger partial charge in [0.1, 0.15) is 0 Å². The fourth-order valence-electron chi connectivity index (χ4n) is 2.41. The van der Waals surface area contributed by atoms with Crippen molar-refractivity contribution in [1.29, 1.82) is 0 Å². The zero-order valence-corrected chi connectivity index (χ0v) is 12.1. The molecular formula is C15H26N2. The fourth-order valence-corrected chi connectivity index (χ4v) is 2.41. The molecule has 0 saturated heterocycles. The number of hydrogen-bond acceptors (Lipinski definition) is 2. The van der Waals surface area contributed by atoms with Gasteiger partial charge in [0.05, 0.1) is 5.69 Å². The van der Waals surface area contributed by atoms with Gasteiger partial charge in [-0.25, -0.2) is 0 Å². The maximum atomic E-state index is 4.42. The summed E-state index contributed by atoms with van der Waals surface area (Å²) in [5, 5.41) is 3.61. The predicted octanol–water partition coefficient (Wildman–Crippen LogP) is 3.69. The number of nitrogens with one attached hydrogen (secondary N) is 1. The normalized spacial score (nSPS) is 12.8. The van der Waals surface area contributed by atoms with Crippen LogP contribution in [0.5, 0.6) is 0 Å². The van der Waals surface area contributed by atoms with Crippen LogP contribution in [0.4, 0.5) is 0 Å². The Morgan fingerprint density at radius 1 is 1.18 bits per heavy atom. The molecule has 0 radical (unpaired) electrons. The van der Waals surface area contributed by atoms with Crippen LogP contribution in [0.3, 0.4) is 0 Å². The number of nitrogens with zero attached hydrogens (tertiary/aromatic N) is 1. The Morgan fingerprint density at radius 2 is 1.82 bits per heavy atom. The summed E-state index contributed by atoms with van der Waals surface area (Å²) in [5.41, 5.74) is 2.89. The van der Waals surface area contributed by atoms with E-state index >= 15 is 0 Å². The van der Waals surface area contributed by atoms with E-state index in [9.17, 15) is 0 Å². The highest BCUT2D eigenvalue weighted by molar-refractivity contribution is 5.17. The molecule has 0 saturated carbocycles. The van der Waals surface area contributed by atoms with Gasteiger partial charge in [-0.3, -0.25) is 4.98 Å². The molecule has 0 aliphatic carbocycles. The number of pyridine rings is 1. The Bertz CT molecular complexity index is 361. The van der Waals surface area contributed by atoms with Crippen molar-refractivity contribution >= 4 is 0 Å². The molecule has 0 fully saturated rings. The first-order valence-electron chi connectivity index (χ1n) is 6.35. The van der Waals surface area contributed by atoms with Crippen molar-refractivity contribution in [2.45, 2.75) is 60.0 Å². The standard InChI is InChI=1S/C15H26N2/c1-12-8-7-9-16-13(12)10-17-15(5,6)11-14(2,3)4/h7-9,17H,10-11H2,1-6H3. The Kier molecular flexibility index (Phi) is 4.31. The van der Waals surface area contributed by atoms with Crippen LogP contribution in [-0.2, 0) is 6.54 Å².